The van der Waals surface area contributed by atoms with E-state index in [1.165, 1.54) is 76.2 Å². The van der Waals surface area contributed by atoms with Crippen LogP contribution in [-0.4, -0.2) is 0 Å². The van der Waals surface area contributed by atoms with E-state index in [4.69, 9.17) is 0 Å². The average Bonchev–Trinajstić information content (AvgIpc) is 2.74. The molecule has 3 rings (SSSR count). The Morgan fingerprint density at radius 1 is 0.750 bits per heavy atom. The Bertz CT molecular complexity index is 544. The van der Waals surface area contributed by atoms with E-state index in [0.717, 1.165) is 43.1 Å². The summed E-state index contributed by atoms with van der Waals surface area (Å²) in [4.78, 5) is 0. The Hall–Kier alpha value is -0.850. The zero-order chi connectivity index (χ0) is 19.8. The van der Waals surface area contributed by atoms with Crippen molar-refractivity contribution in [3.63, 3.8) is 0 Å². The summed E-state index contributed by atoms with van der Waals surface area (Å²) in [6.07, 6.45) is 18.5. The maximum Gasteiger partial charge on any atom is 0.136 e. The van der Waals surface area contributed by atoms with Gasteiger partial charge in [-0.3, -0.25) is 0 Å². The van der Waals surface area contributed by atoms with Gasteiger partial charge >= 0.3 is 0 Å². The first-order valence-corrected chi connectivity index (χ1v) is 12.4. The van der Waals surface area contributed by atoms with Crippen molar-refractivity contribution in [2.75, 3.05) is 0 Å². The minimum Gasteiger partial charge on any atom is -0.239 e. The third-order valence-electron chi connectivity index (χ3n) is 7.83. The van der Waals surface area contributed by atoms with Crippen LogP contribution in [0.4, 0.5) is 4.39 Å². The molecule has 0 unspecified atom stereocenters. The van der Waals surface area contributed by atoms with Gasteiger partial charge in [-0.2, -0.15) is 0 Å². The van der Waals surface area contributed by atoms with Gasteiger partial charge < -0.3 is 0 Å². The largest absolute Gasteiger partial charge is 0.239 e. The van der Waals surface area contributed by atoms with Gasteiger partial charge in [-0.05, 0) is 80.2 Å². The molecule has 0 nitrogen and oxygen atoms in total. The number of rotatable bonds is 9. The van der Waals surface area contributed by atoms with Crippen molar-refractivity contribution in [2.45, 2.75) is 122 Å². The highest BCUT2D eigenvalue weighted by molar-refractivity contribution is 5.30. The van der Waals surface area contributed by atoms with Gasteiger partial charge in [-0.1, -0.05) is 83.1 Å². The number of unbranched alkanes of at least 4 members (excludes halogenated alkanes) is 3. The van der Waals surface area contributed by atoms with Crippen molar-refractivity contribution in [1.29, 1.82) is 0 Å². The zero-order valence-electron chi connectivity index (χ0n) is 18.5. The van der Waals surface area contributed by atoms with Gasteiger partial charge in [0.2, 0.25) is 0 Å². The van der Waals surface area contributed by atoms with E-state index >= 15 is 4.39 Å². The van der Waals surface area contributed by atoms with Crippen LogP contribution in [0.5, 0.6) is 0 Å². The van der Waals surface area contributed by atoms with Crippen molar-refractivity contribution in [1.82, 2.24) is 0 Å². The standard InChI is InChI=1S/C27H43F/c1-3-5-7-9-22-10-12-24(13-11-22)25-14-16-26(17-15-25)27(28)20-18-23(19-21-27)8-6-4-2/h14-17,22-24H,3-13,18-21H2,1-2H3/t22-,23?,24-,27?. The Kier molecular flexibility index (Phi) is 8.42. The molecule has 0 N–H and O–H groups in total. The van der Waals surface area contributed by atoms with E-state index in [-0.39, 0.29) is 0 Å². The second kappa shape index (κ2) is 10.8. The quantitative estimate of drug-likeness (QED) is 0.371. The summed E-state index contributed by atoms with van der Waals surface area (Å²) >= 11 is 0. The summed E-state index contributed by atoms with van der Waals surface area (Å²) in [6.45, 7) is 4.54. The Balaban J connectivity index is 1.49. The van der Waals surface area contributed by atoms with E-state index in [2.05, 4.69) is 38.1 Å². The number of alkyl halides is 1. The second-order valence-electron chi connectivity index (χ2n) is 9.89. The first kappa shape index (κ1) is 21.8. The molecular formula is C27H43F. The van der Waals surface area contributed by atoms with E-state index in [1.807, 2.05) is 0 Å². The number of halogens is 1. The Labute approximate surface area is 173 Å². The summed E-state index contributed by atoms with van der Waals surface area (Å²) in [5, 5.41) is 0. The van der Waals surface area contributed by atoms with Crippen molar-refractivity contribution >= 4 is 0 Å². The van der Waals surface area contributed by atoms with E-state index in [1.54, 1.807) is 0 Å². The molecule has 158 valence electrons. The van der Waals surface area contributed by atoms with Crippen LogP contribution in [-0.2, 0) is 5.67 Å². The van der Waals surface area contributed by atoms with Crippen LogP contribution in [0.15, 0.2) is 24.3 Å². The van der Waals surface area contributed by atoms with Crippen molar-refractivity contribution in [2.24, 2.45) is 11.8 Å². The fraction of sp³-hybridized carbons (Fsp3) is 0.778. The van der Waals surface area contributed by atoms with Crippen molar-refractivity contribution in [3.8, 4) is 0 Å². The normalized spacial score (nSPS) is 31.0. The molecule has 2 saturated carbocycles. The van der Waals surface area contributed by atoms with Crippen LogP contribution < -0.4 is 0 Å². The molecule has 2 fully saturated rings. The lowest BCUT2D eigenvalue weighted by atomic mass is 9.74. The zero-order valence-corrected chi connectivity index (χ0v) is 18.5. The fourth-order valence-corrected chi connectivity index (χ4v) is 5.73. The summed E-state index contributed by atoms with van der Waals surface area (Å²) in [7, 11) is 0. The first-order chi connectivity index (χ1) is 13.6. The summed E-state index contributed by atoms with van der Waals surface area (Å²) < 4.78 is 15.6. The smallest absolute Gasteiger partial charge is 0.136 e. The third kappa shape index (κ3) is 5.83. The molecule has 0 heterocycles. The number of hydrogen-bond acceptors (Lipinski definition) is 0. The maximum absolute atomic E-state index is 15.6. The van der Waals surface area contributed by atoms with Crippen LogP contribution >= 0.6 is 0 Å². The van der Waals surface area contributed by atoms with Crippen LogP contribution in [0.2, 0.25) is 0 Å². The molecule has 2 aliphatic carbocycles. The monoisotopic (exact) mass is 386 g/mol. The Morgan fingerprint density at radius 2 is 1.32 bits per heavy atom. The van der Waals surface area contributed by atoms with Crippen LogP contribution in [0.3, 0.4) is 0 Å². The minimum absolute atomic E-state index is 0.705. The van der Waals surface area contributed by atoms with E-state index < -0.39 is 5.67 Å². The van der Waals surface area contributed by atoms with Gasteiger partial charge in [0.15, 0.2) is 0 Å². The molecule has 0 radical (unpaired) electrons. The summed E-state index contributed by atoms with van der Waals surface area (Å²) in [5.74, 6) is 2.42. The minimum atomic E-state index is -1.07. The lowest BCUT2D eigenvalue weighted by molar-refractivity contribution is 0.0788. The molecule has 1 aromatic rings. The van der Waals surface area contributed by atoms with Crippen molar-refractivity contribution < 1.29 is 4.39 Å². The summed E-state index contributed by atoms with van der Waals surface area (Å²) in [5.41, 5.74) is 1.33. The highest BCUT2D eigenvalue weighted by Gasteiger charge is 2.36. The maximum atomic E-state index is 15.6. The van der Waals surface area contributed by atoms with Crippen LogP contribution in [0.25, 0.3) is 0 Å². The van der Waals surface area contributed by atoms with Gasteiger partial charge in [-0.25, -0.2) is 4.39 Å². The highest BCUT2D eigenvalue weighted by Crippen LogP contribution is 2.45. The summed E-state index contributed by atoms with van der Waals surface area (Å²) in [6, 6.07) is 8.74. The lowest BCUT2D eigenvalue weighted by Gasteiger charge is -2.35. The van der Waals surface area contributed by atoms with Gasteiger partial charge in [0, 0.05) is 0 Å². The van der Waals surface area contributed by atoms with Crippen molar-refractivity contribution in [3.05, 3.63) is 35.4 Å². The second-order valence-corrected chi connectivity index (χ2v) is 9.89. The predicted molar refractivity (Wildman–Crippen MR) is 120 cm³/mol. The molecule has 1 aromatic carbocycles. The molecule has 0 bridgehead atoms. The van der Waals surface area contributed by atoms with Gasteiger partial charge in [0.1, 0.15) is 5.67 Å². The van der Waals surface area contributed by atoms with Crippen LogP contribution in [0, 0.1) is 11.8 Å². The SMILES string of the molecule is CCCCC[C@H]1CC[C@H](c2ccc(C3(F)CCC(CCCC)CC3)cc2)CC1. The lowest BCUT2D eigenvalue weighted by Crippen LogP contribution is -2.27. The molecule has 2 aliphatic rings. The third-order valence-corrected chi connectivity index (χ3v) is 7.83. The fourth-order valence-electron chi connectivity index (χ4n) is 5.73. The molecule has 0 amide bonds. The van der Waals surface area contributed by atoms with Gasteiger partial charge in [-0.15, -0.1) is 0 Å². The molecule has 0 saturated heterocycles. The molecule has 28 heavy (non-hydrogen) atoms. The average molecular weight is 387 g/mol. The van der Waals surface area contributed by atoms with E-state index in [0.29, 0.717) is 5.92 Å². The molecule has 0 atom stereocenters. The highest BCUT2D eigenvalue weighted by atomic mass is 19.1. The van der Waals surface area contributed by atoms with Gasteiger partial charge in [0.05, 0.1) is 0 Å². The first-order valence-electron chi connectivity index (χ1n) is 12.4. The number of benzene rings is 1. The van der Waals surface area contributed by atoms with Crippen LogP contribution in [0.1, 0.15) is 127 Å². The molecular weight excluding hydrogens is 343 g/mol. The topological polar surface area (TPSA) is 0 Å². The predicted octanol–water partition coefficient (Wildman–Crippen LogP) is 9.09. The molecule has 1 heteroatoms. The molecule has 0 aliphatic heterocycles. The molecule has 0 spiro atoms. The Morgan fingerprint density at radius 3 is 1.93 bits per heavy atom. The number of hydrogen-bond donors (Lipinski definition) is 0. The van der Waals surface area contributed by atoms with E-state index in [9.17, 15) is 0 Å². The van der Waals surface area contributed by atoms with Gasteiger partial charge in [0.25, 0.3) is 0 Å². The molecule has 0 aromatic heterocycles.